The molecule has 3 aromatic carbocycles. The van der Waals surface area contributed by atoms with Crippen LogP contribution in [-0.2, 0) is 0 Å². The van der Waals surface area contributed by atoms with E-state index in [1.54, 1.807) is 19.2 Å². The van der Waals surface area contributed by atoms with E-state index in [0.717, 1.165) is 29.0 Å². The number of hydrogen-bond donors (Lipinski definition) is 1. The van der Waals surface area contributed by atoms with E-state index >= 15 is 0 Å². The van der Waals surface area contributed by atoms with Crippen LogP contribution in [0.4, 0.5) is 11.4 Å². The molecule has 7 nitrogen and oxygen atoms in total. The molecule has 3 rings (SSSR count). The lowest BCUT2D eigenvalue weighted by atomic mass is 10.0. The van der Waals surface area contributed by atoms with E-state index in [0.29, 0.717) is 23.9 Å². The standard InChI is InChI=1S/C25H27N3O4/c1-18(2)15-16-32-23-13-7-19(8-14-23)25(20-5-4-6-24(17-20)31-3)27-26-21-9-11-22(12-10-21)28(29)30/h4-14,17-18,26H,15-16H2,1-3H3/b27-25-. The van der Waals surface area contributed by atoms with Gasteiger partial charge in [0, 0.05) is 23.3 Å². The first-order chi connectivity index (χ1) is 15.5. The summed E-state index contributed by atoms with van der Waals surface area (Å²) in [6.45, 7) is 5.01. The fraction of sp³-hybridized carbons (Fsp3) is 0.240. The number of nitrogens with zero attached hydrogens (tertiary/aromatic N) is 2. The minimum absolute atomic E-state index is 0.0283. The lowest BCUT2D eigenvalue weighted by Gasteiger charge is -2.12. The van der Waals surface area contributed by atoms with E-state index < -0.39 is 4.92 Å². The van der Waals surface area contributed by atoms with Crippen molar-refractivity contribution < 1.29 is 14.4 Å². The monoisotopic (exact) mass is 433 g/mol. The van der Waals surface area contributed by atoms with E-state index in [4.69, 9.17) is 9.47 Å². The first-order valence-corrected chi connectivity index (χ1v) is 10.4. The fourth-order valence-corrected chi connectivity index (χ4v) is 2.97. The Kier molecular flexibility index (Phi) is 7.80. The molecule has 166 valence electrons. The van der Waals surface area contributed by atoms with E-state index in [9.17, 15) is 10.1 Å². The van der Waals surface area contributed by atoms with Crippen molar-refractivity contribution in [3.63, 3.8) is 0 Å². The van der Waals surface area contributed by atoms with Gasteiger partial charge in [-0.3, -0.25) is 15.5 Å². The maximum atomic E-state index is 10.9. The molecule has 7 heteroatoms. The minimum atomic E-state index is -0.431. The number of hydrazone groups is 1. The van der Waals surface area contributed by atoms with Gasteiger partial charge in [-0.25, -0.2) is 0 Å². The summed E-state index contributed by atoms with van der Waals surface area (Å²) >= 11 is 0. The van der Waals surface area contributed by atoms with Gasteiger partial charge in [-0.15, -0.1) is 0 Å². The van der Waals surface area contributed by atoms with Crippen LogP contribution in [0.3, 0.4) is 0 Å². The maximum absolute atomic E-state index is 10.9. The topological polar surface area (TPSA) is 86.0 Å². The second kappa shape index (κ2) is 10.9. The third-order valence-electron chi connectivity index (χ3n) is 4.81. The lowest BCUT2D eigenvalue weighted by Crippen LogP contribution is -2.07. The molecule has 1 N–H and O–H groups in total. The molecule has 0 heterocycles. The molecule has 0 aliphatic carbocycles. The summed E-state index contributed by atoms with van der Waals surface area (Å²) in [5.74, 6) is 2.12. The molecule has 3 aromatic rings. The van der Waals surface area contributed by atoms with Crippen LogP contribution in [0.5, 0.6) is 11.5 Å². The second-order valence-corrected chi connectivity index (χ2v) is 7.66. The number of benzene rings is 3. The molecule has 0 fully saturated rings. The molecule has 0 aromatic heterocycles. The van der Waals surface area contributed by atoms with Crippen LogP contribution in [0.2, 0.25) is 0 Å². The molecule has 0 saturated heterocycles. The van der Waals surface area contributed by atoms with Crippen LogP contribution in [0.25, 0.3) is 0 Å². The Morgan fingerprint density at radius 2 is 1.72 bits per heavy atom. The molecule has 32 heavy (non-hydrogen) atoms. The zero-order valence-electron chi connectivity index (χ0n) is 18.4. The van der Waals surface area contributed by atoms with E-state index in [1.165, 1.54) is 12.1 Å². The number of rotatable bonds is 10. The molecular formula is C25H27N3O4. The lowest BCUT2D eigenvalue weighted by molar-refractivity contribution is -0.384. The summed E-state index contributed by atoms with van der Waals surface area (Å²) in [4.78, 5) is 10.4. The third-order valence-corrected chi connectivity index (χ3v) is 4.81. The van der Waals surface area contributed by atoms with Crippen molar-refractivity contribution in [2.45, 2.75) is 20.3 Å². The highest BCUT2D eigenvalue weighted by Crippen LogP contribution is 2.21. The van der Waals surface area contributed by atoms with Crippen LogP contribution >= 0.6 is 0 Å². The Hall–Kier alpha value is -3.87. The van der Waals surface area contributed by atoms with Gasteiger partial charge in [-0.1, -0.05) is 26.0 Å². The fourth-order valence-electron chi connectivity index (χ4n) is 2.97. The van der Waals surface area contributed by atoms with Gasteiger partial charge in [0.05, 0.1) is 30.0 Å². The molecule has 0 spiro atoms. The van der Waals surface area contributed by atoms with Gasteiger partial charge in [0.15, 0.2) is 0 Å². The van der Waals surface area contributed by atoms with Crippen LogP contribution in [-0.4, -0.2) is 24.4 Å². The first-order valence-electron chi connectivity index (χ1n) is 10.4. The van der Waals surface area contributed by atoms with Crippen molar-refractivity contribution in [3.8, 4) is 11.5 Å². The van der Waals surface area contributed by atoms with E-state index in [-0.39, 0.29) is 5.69 Å². The molecular weight excluding hydrogens is 406 g/mol. The number of nitro groups is 1. The number of nitro benzene ring substituents is 1. The van der Waals surface area contributed by atoms with E-state index in [2.05, 4.69) is 24.4 Å². The van der Waals surface area contributed by atoms with Gasteiger partial charge >= 0.3 is 0 Å². The molecule has 0 bridgehead atoms. The van der Waals surface area contributed by atoms with Crippen LogP contribution in [0.15, 0.2) is 77.9 Å². The Morgan fingerprint density at radius 1 is 1.00 bits per heavy atom. The largest absolute Gasteiger partial charge is 0.497 e. The molecule has 0 radical (unpaired) electrons. The van der Waals surface area contributed by atoms with Crippen molar-refractivity contribution in [1.29, 1.82) is 0 Å². The molecule has 0 saturated carbocycles. The Bertz CT molecular complexity index is 1060. The average molecular weight is 434 g/mol. The summed E-state index contributed by atoms with van der Waals surface area (Å²) in [7, 11) is 1.62. The number of nitrogens with one attached hydrogen (secondary N) is 1. The quantitative estimate of drug-likeness (QED) is 0.245. The van der Waals surface area contributed by atoms with Gasteiger partial charge in [-0.05, 0) is 60.9 Å². The van der Waals surface area contributed by atoms with Crippen molar-refractivity contribution in [2.75, 3.05) is 19.1 Å². The highest BCUT2D eigenvalue weighted by atomic mass is 16.6. The SMILES string of the molecule is COc1cccc(/C(=N\Nc2ccc([N+](=O)[O-])cc2)c2ccc(OCCC(C)C)cc2)c1. The normalized spacial score (nSPS) is 11.3. The van der Waals surface area contributed by atoms with Gasteiger partial charge in [0.2, 0.25) is 0 Å². The number of methoxy groups -OCH3 is 1. The third kappa shape index (κ3) is 6.31. The maximum Gasteiger partial charge on any atom is 0.269 e. The molecule has 0 aliphatic rings. The van der Waals surface area contributed by atoms with Gasteiger partial charge in [-0.2, -0.15) is 5.10 Å². The second-order valence-electron chi connectivity index (χ2n) is 7.66. The van der Waals surface area contributed by atoms with Crippen LogP contribution < -0.4 is 14.9 Å². The Morgan fingerprint density at radius 3 is 2.34 bits per heavy atom. The van der Waals surface area contributed by atoms with Crippen molar-refractivity contribution >= 4 is 17.1 Å². The summed E-state index contributed by atoms with van der Waals surface area (Å²) in [6.07, 6.45) is 0.997. The van der Waals surface area contributed by atoms with Crippen molar-refractivity contribution in [1.82, 2.24) is 0 Å². The highest BCUT2D eigenvalue weighted by molar-refractivity contribution is 6.13. The molecule has 0 aliphatic heterocycles. The predicted octanol–water partition coefficient (Wildman–Crippen LogP) is 5.89. The van der Waals surface area contributed by atoms with Gasteiger partial charge in [0.25, 0.3) is 5.69 Å². The number of hydrogen-bond acceptors (Lipinski definition) is 6. The van der Waals surface area contributed by atoms with Crippen LogP contribution in [0.1, 0.15) is 31.4 Å². The summed E-state index contributed by atoms with van der Waals surface area (Å²) in [6, 6.07) is 21.5. The summed E-state index contributed by atoms with van der Waals surface area (Å²) < 4.78 is 11.2. The number of non-ortho nitro benzene ring substituents is 1. The Labute approximate surface area is 187 Å². The highest BCUT2D eigenvalue weighted by Gasteiger charge is 2.10. The van der Waals surface area contributed by atoms with Gasteiger partial charge < -0.3 is 9.47 Å². The summed E-state index contributed by atoms with van der Waals surface area (Å²) in [5, 5.41) is 15.5. The molecule has 0 amide bonds. The Balaban J connectivity index is 1.86. The van der Waals surface area contributed by atoms with E-state index in [1.807, 2.05) is 48.5 Å². The number of anilines is 1. The van der Waals surface area contributed by atoms with Crippen molar-refractivity contribution in [2.24, 2.45) is 11.0 Å². The molecule has 0 atom stereocenters. The average Bonchev–Trinajstić information content (AvgIpc) is 2.80. The first kappa shape index (κ1) is 22.8. The zero-order valence-corrected chi connectivity index (χ0v) is 18.4. The van der Waals surface area contributed by atoms with Gasteiger partial charge in [0.1, 0.15) is 11.5 Å². The number of ether oxygens (including phenoxy) is 2. The minimum Gasteiger partial charge on any atom is -0.497 e. The summed E-state index contributed by atoms with van der Waals surface area (Å²) in [5.41, 5.74) is 6.14. The molecule has 0 unspecified atom stereocenters. The van der Waals surface area contributed by atoms with Crippen LogP contribution in [0, 0.1) is 16.0 Å². The van der Waals surface area contributed by atoms with Crippen molar-refractivity contribution in [3.05, 3.63) is 94.0 Å². The zero-order chi connectivity index (χ0) is 22.9. The predicted molar refractivity (Wildman–Crippen MR) is 127 cm³/mol. The smallest absolute Gasteiger partial charge is 0.269 e.